The molecule has 0 unspecified atom stereocenters. The Morgan fingerprint density at radius 1 is 1.45 bits per heavy atom. The molecule has 1 fully saturated rings. The van der Waals surface area contributed by atoms with Crippen LogP contribution in [0.4, 0.5) is 5.82 Å². The number of anilines is 1. The minimum Gasteiger partial charge on any atom is -0.396 e. The van der Waals surface area contributed by atoms with Crippen molar-refractivity contribution in [1.82, 2.24) is 19.9 Å². The first-order valence-electron chi connectivity index (χ1n) is 7.22. The van der Waals surface area contributed by atoms with Gasteiger partial charge in [0, 0.05) is 32.4 Å². The molecule has 3 rings (SSSR count). The van der Waals surface area contributed by atoms with E-state index in [1.165, 1.54) is 6.42 Å². The molecule has 1 saturated heterocycles. The van der Waals surface area contributed by atoms with Crippen LogP contribution >= 0.6 is 0 Å². The molecule has 0 bridgehead atoms. The van der Waals surface area contributed by atoms with Gasteiger partial charge in [-0.05, 0) is 31.4 Å². The fourth-order valence-electron chi connectivity index (χ4n) is 2.85. The Labute approximate surface area is 118 Å². The first kappa shape index (κ1) is 13.3. The van der Waals surface area contributed by atoms with Gasteiger partial charge in [0.25, 0.3) is 0 Å². The molecule has 0 saturated carbocycles. The number of nitrogens with one attached hydrogen (secondary N) is 2. The van der Waals surface area contributed by atoms with Crippen LogP contribution in [0.15, 0.2) is 18.6 Å². The normalized spacial score (nSPS) is 20.4. The van der Waals surface area contributed by atoms with E-state index >= 15 is 0 Å². The van der Waals surface area contributed by atoms with Crippen molar-refractivity contribution in [2.24, 2.45) is 5.92 Å². The summed E-state index contributed by atoms with van der Waals surface area (Å²) in [7, 11) is 0. The molecule has 20 heavy (non-hydrogen) atoms. The monoisotopic (exact) mass is 275 g/mol. The van der Waals surface area contributed by atoms with Crippen LogP contribution in [0, 0.1) is 5.92 Å². The molecule has 0 amide bonds. The van der Waals surface area contributed by atoms with Crippen molar-refractivity contribution in [3.8, 4) is 0 Å². The molecule has 0 aromatic carbocycles. The molecule has 0 radical (unpaired) electrons. The number of piperidine rings is 1. The summed E-state index contributed by atoms with van der Waals surface area (Å²) in [5.74, 6) is 1.33. The van der Waals surface area contributed by atoms with Gasteiger partial charge in [-0.1, -0.05) is 0 Å². The van der Waals surface area contributed by atoms with E-state index < -0.39 is 0 Å². The van der Waals surface area contributed by atoms with E-state index in [1.54, 1.807) is 6.33 Å². The number of hydrogen-bond acceptors (Lipinski definition) is 5. The number of aliphatic hydroxyl groups is 1. The number of aromatic nitrogens is 3. The van der Waals surface area contributed by atoms with Crippen LogP contribution in [0.25, 0.3) is 11.0 Å². The van der Waals surface area contributed by atoms with Crippen LogP contribution < -0.4 is 5.32 Å². The maximum Gasteiger partial charge on any atom is 0.142 e. The number of likely N-dealkylation sites (tertiary alicyclic amines) is 1. The molecule has 1 atom stereocenters. The predicted molar refractivity (Wildman–Crippen MR) is 78.6 cm³/mol. The second-order valence-electron chi connectivity index (χ2n) is 5.38. The fraction of sp³-hybridized carbons (Fsp3) is 0.571. The predicted octanol–water partition coefficient (Wildman–Crippen LogP) is 1.07. The van der Waals surface area contributed by atoms with Gasteiger partial charge in [0.2, 0.25) is 0 Å². The van der Waals surface area contributed by atoms with Gasteiger partial charge >= 0.3 is 0 Å². The number of fused-ring (bicyclic) bond motifs is 1. The average molecular weight is 275 g/mol. The second kappa shape index (κ2) is 6.19. The van der Waals surface area contributed by atoms with Crippen LogP contribution in [0.3, 0.4) is 0 Å². The Balaban J connectivity index is 1.53. The molecule has 3 heterocycles. The zero-order chi connectivity index (χ0) is 13.8. The van der Waals surface area contributed by atoms with Gasteiger partial charge in [0.15, 0.2) is 0 Å². The Kier molecular flexibility index (Phi) is 4.13. The second-order valence-corrected chi connectivity index (χ2v) is 5.38. The number of rotatable bonds is 5. The van der Waals surface area contributed by atoms with Gasteiger partial charge in [-0.15, -0.1) is 0 Å². The summed E-state index contributed by atoms with van der Waals surface area (Å²) in [5, 5.41) is 13.7. The zero-order valence-electron chi connectivity index (χ0n) is 11.5. The molecule has 0 spiro atoms. The van der Waals surface area contributed by atoms with Crippen molar-refractivity contribution in [3.63, 3.8) is 0 Å². The van der Waals surface area contributed by atoms with E-state index in [0.717, 1.165) is 49.5 Å². The third kappa shape index (κ3) is 2.91. The van der Waals surface area contributed by atoms with E-state index in [1.807, 2.05) is 12.3 Å². The lowest BCUT2D eigenvalue weighted by Gasteiger charge is -2.31. The fourth-order valence-corrected chi connectivity index (χ4v) is 2.85. The summed E-state index contributed by atoms with van der Waals surface area (Å²) in [5.41, 5.74) is 0.862. The molecule has 0 aliphatic carbocycles. The van der Waals surface area contributed by atoms with E-state index in [2.05, 4.69) is 25.2 Å². The first-order chi connectivity index (χ1) is 9.86. The van der Waals surface area contributed by atoms with E-state index in [9.17, 15) is 5.11 Å². The molecule has 2 aromatic heterocycles. The SMILES string of the molecule is OC[C@@H]1CCCN(CCNc2ncnc3[nH]ccc23)C1. The smallest absolute Gasteiger partial charge is 0.142 e. The number of nitrogens with zero attached hydrogens (tertiary/aromatic N) is 3. The van der Waals surface area contributed by atoms with Crippen molar-refractivity contribution in [3.05, 3.63) is 18.6 Å². The van der Waals surface area contributed by atoms with Crippen LogP contribution in [0.2, 0.25) is 0 Å². The van der Waals surface area contributed by atoms with Gasteiger partial charge in [-0.2, -0.15) is 0 Å². The molecule has 3 N–H and O–H groups in total. The largest absolute Gasteiger partial charge is 0.396 e. The molecular formula is C14H21N5O. The van der Waals surface area contributed by atoms with Crippen molar-refractivity contribution < 1.29 is 5.11 Å². The van der Waals surface area contributed by atoms with Crippen LogP contribution in [-0.2, 0) is 0 Å². The van der Waals surface area contributed by atoms with Crippen LogP contribution in [0.5, 0.6) is 0 Å². The first-order valence-corrected chi connectivity index (χ1v) is 7.22. The maximum atomic E-state index is 9.24. The van der Waals surface area contributed by atoms with Gasteiger partial charge < -0.3 is 20.3 Å². The number of aliphatic hydroxyl groups excluding tert-OH is 1. The van der Waals surface area contributed by atoms with Crippen molar-refractivity contribution in [1.29, 1.82) is 0 Å². The number of H-pyrrole nitrogens is 1. The quantitative estimate of drug-likeness (QED) is 0.761. The lowest BCUT2D eigenvalue weighted by atomic mass is 9.99. The summed E-state index contributed by atoms with van der Waals surface area (Å²) in [6.07, 6.45) is 5.78. The molecule has 2 aromatic rings. The van der Waals surface area contributed by atoms with Crippen molar-refractivity contribution in [2.45, 2.75) is 12.8 Å². The Morgan fingerprint density at radius 3 is 3.30 bits per heavy atom. The van der Waals surface area contributed by atoms with Gasteiger partial charge in [0.1, 0.15) is 17.8 Å². The number of aromatic amines is 1. The highest BCUT2D eigenvalue weighted by Crippen LogP contribution is 2.18. The van der Waals surface area contributed by atoms with Gasteiger partial charge in [-0.3, -0.25) is 0 Å². The number of hydrogen-bond donors (Lipinski definition) is 3. The third-order valence-electron chi connectivity index (χ3n) is 3.94. The highest BCUT2D eigenvalue weighted by molar-refractivity contribution is 5.86. The Bertz CT molecular complexity index is 555. The Hall–Kier alpha value is -1.66. The van der Waals surface area contributed by atoms with E-state index in [4.69, 9.17) is 0 Å². The topological polar surface area (TPSA) is 77.1 Å². The molecule has 1 aliphatic heterocycles. The lowest BCUT2D eigenvalue weighted by Crippen LogP contribution is -2.39. The summed E-state index contributed by atoms with van der Waals surface area (Å²) in [4.78, 5) is 14.0. The Morgan fingerprint density at radius 2 is 2.40 bits per heavy atom. The zero-order valence-corrected chi connectivity index (χ0v) is 11.5. The summed E-state index contributed by atoms with van der Waals surface area (Å²) >= 11 is 0. The maximum absolute atomic E-state index is 9.24. The van der Waals surface area contributed by atoms with Crippen molar-refractivity contribution >= 4 is 16.9 Å². The average Bonchev–Trinajstić information content (AvgIpc) is 2.97. The summed E-state index contributed by atoms with van der Waals surface area (Å²) in [6, 6.07) is 1.99. The van der Waals surface area contributed by atoms with Crippen molar-refractivity contribution in [2.75, 3.05) is 38.1 Å². The van der Waals surface area contributed by atoms with Crippen LogP contribution in [-0.4, -0.2) is 57.7 Å². The van der Waals surface area contributed by atoms with Gasteiger partial charge in [0.05, 0.1) is 5.39 Å². The van der Waals surface area contributed by atoms with E-state index in [0.29, 0.717) is 12.5 Å². The van der Waals surface area contributed by atoms with Crippen LogP contribution in [0.1, 0.15) is 12.8 Å². The molecular weight excluding hydrogens is 254 g/mol. The molecule has 6 heteroatoms. The summed E-state index contributed by atoms with van der Waals surface area (Å²) in [6.45, 7) is 4.27. The lowest BCUT2D eigenvalue weighted by molar-refractivity contribution is 0.123. The molecule has 108 valence electrons. The summed E-state index contributed by atoms with van der Waals surface area (Å²) < 4.78 is 0. The minimum absolute atomic E-state index is 0.305. The highest BCUT2D eigenvalue weighted by Gasteiger charge is 2.18. The molecule has 6 nitrogen and oxygen atoms in total. The molecule has 1 aliphatic rings. The highest BCUT2D eigenvalue weighted by atomic mass is 16.3. The van der Waals surface area contributed by atoms with E-state index in [-0.39, 0.29) is 0 Å². The third-order valence-corrected chi connectivity index (χ3v) is 3.94. The standard InChI is InChI=1S/C14H21N5O/c20-9-11-2-1-6-19(8-11)7-5-16-14-12-3-4-15-13(12)17-10-18-14/h3-4,10-11,20H,1-2,5-9H2,(H2,15,16,17,18)/t11-/m1/s1. The minimum atomic E-state index is 0.305. The van der Waals surface area contributed by atoms with Gasteiger partial charge in [-0.25, -0.2) is 9.97 Å².